The lowest BCUT2D eigenvalue weighted by molar-refractivity contribution is -0.277. The first-order chi connectivity index (χ1) is 14.5. The van der Waals surface area contributed by atoms with Crippen molar-refractivity contribution in [2.75, 3.05) is 13.2 Å². The summed E-state index contributed by atoms with van der Waals surface area (Å²) in [6.45, 7) is 4.47. The molecule has 0 radical (unpaired) electrons. The van der Waals surface area contributed by atoms with E-state index < -0.39 is 60.4 Å². The van der Waals surface area contributed by atoms with Crippen LogP contribution in [0.3, 0.4) is 0 Å². The highest BCUT2D eigenvalue weighted by molar-refractivity contribution is 5.73. The summed E-state index contributed by atoms with van der Waals surface area (Å²) in [5, 5.41) is 11.3. The van der Waals surface area contributed by atoms with Gasteiger partial charge in [-0.05, 0) is 12.8 Å². The zero-order valence-electron chi connectivity index (χ0n) is 18.0. The molecule has 0 spiro atoms. The average Bonchev–Trinajstić information content (AvgIpc) is 2.62. The lowest BCUT2D eigenvalue weighted by atomic mass is 9.96. The predicted molar refractivity (Wildman–Crippen MR) is 101 cm³/mol. The van der Waals surface area contributed by atoms with Crippen LogP contribution in [0, 0.1) is 0 Å². The first kappa shape index (κ1) is 26.3. The van der Waals surface area contributed by atoms with Gasteiger partial charge in [0.05, 0.1) is 0 Å². The number of unbranched alkanes of at least 4 members (excludes halogenated alkanes) is 1. The van der Waals surface area contributed by atoms with Gasteiger partial charge in [0.25, 0.3) is 0 Å². The fourth-order valence-electron chi connectivity index (χ4n) is 3.01. The molecule has 0 aliphatic carbocycles. The first-order valence-electron chi connectivity index (χ1n) is 9.75. The van der Waals surface area contributed by atoms with Crippen molar-refractivity contribution < 1.29 is 52.8 Å². The third-order valence-electron chi connectivity index (χ3n) is 4.14. The molecular weight excluding hydrogens is 418 g/mol. The molecule has 1 fully saturated rings. The van der Waals surface area contributed by atoms with Crippen molar-refractivity contribution in [1.29, 1.82) is 0 Å². The Bertz CT molecular complexity index is 665. The van der Waals surface area contributed by atoms with Crippen LogP contribution in [0.1, 0.15) is 47.0 Å². The van der Waals surface area contributed by atoms with Crippen molar-refractivity contribution in [1.82, 2.24) is 5.32 Å². The number of hydrogen-bond acceptors (Lipinski definition) is 10. The molecule has 1 aliphatic rings. The fourth-order valence-corrected chi connectivity index (χ4v) is 3.01. The summed E-state index contributed by atoms with van der Waals surface area (Å²) in [5.74, 6) is -3.43. The predicted octanol–water partition coefficient (Wildman–Crippen LogP) is -0.0860. The number of hydrogen-bond donors (Lipinski definition) is 2. The van der Waals surface area contributed by atoms with Crippen molar-refractivity contribution in [3.63, 3.8) is 0 Å². The van der Waals surface area contributed by atoms with E-state index in [1.54, 1.807) is 0 Å². The number of ether oxygens (including phenoxy) is 5. The maximum atomic E-state index is 11.8. The number of amides is 1. The average molecular weight is 447 g/mol. The molecule has 12 heteroatoms. The van der Waals surface area contributed by atoms with E-state index in [0.29, 0.717) is 12.8 Å². The monoisotopic (exact) mass is 447 g/mol. The van der Waals surface area contributed by atoms with Gasteiger partial charge in [-0.15, -0.1) is 0 Å². The van der Waals surface area contributed by atoms with Crippen LogP contribution in [0.25, 0.3) is 0 Å². The number of esters is 3. The number of carboxylic acids is 1. The van der Waals surface area contributed by atoms with Crippen molar-refractivity contribution in [2.24, 2.45) is 0 Å². The van der Waals surface area contributed by atoms with Crippen molar-refractivity contribution in [2.45, 2.75) is 77.6 Å². The molecule has 0 aromatic rings. The normalized spacial score (nSPS) is 25.2. The minimum atomic E-state index is -1.19. The lowest BCUT2D eigenvalue weighted by Crippen LogP contribution is -2.66. The molecule has 1 saturated heterocycles. The van der Waals surface area contributed by atoms with E-state index in [1.165, 1.54) is 13.8 Å². The SMILES string of the molecule is CC(=O)N[C@H]1C(OCCCCC(=O)O)O[C@H](COC(C)=O)[C@H](OC(C)=O)[C@@H]1OC(C)=O. The van der Waals surface area contributed by atoms with Crippen molar-refractivity contribution in [3.8, 4) is 0 Å². The minimum Gasteiger partial charge on any atom is -0.481 e. The summed E-state index contributed by atoms with van der Waals surface area (Å²) in [7, 11) is 0. The number of aliphatic carboxylic acids is 1. The summed E-state index contributed by atoms with van der Waals surface area (Å²) >= 11 is 0. The zero-order chi connectivity index (χ0) is 23.6. The Morgan fingerprint density at radius 1 is 0.903 bits per heavy atom. The maximum Gasteiger partial charge on any atom is 0.303 e. The second-order valence-corrected chi connectivity index (χ2v) is 6.94. The second-order valence-electron chi connectivity index (χ2n) is 6.94. The van der Waals surface area contributed by atoms with Gasteiger partial charge in [0.1, 0.15) is 18.8 Å². The smallest absolute Gasteiger partial charge is 0.303 e. The Morgan fingerprint density at radius 3 is 2.03 bits per heavy atom. The van der Waals surface area contributed by atoms with Crippen LogP contribution < -0.4 is 5.32 Å². The fraction of sp³-hybridized carbons (Fsp3) is 0.737. The van der Waals surface area contributed by atoms with Crippen LogP contribution in [0.5, 0.6) is 0 Å². The summed E-state index contributed by atoms with van der Waals surface area (Å²) in [6, 6.07) is -1.04. The summed E-state index contributed by atoms with van der Waals surface area (Å²) in [5.41, 5.74) is 0. The summed E-state index contributed by atoms with van der Waals surface area (Å²) < 4.78 is 27.1. The molecule has 0 saturated carbocycles. The van der Waals surface area contributed by atoms with Gasteiger partial charge >= 0.3 is 23.9 Å². The van der Waals surface area contributed by atoms with E-state index in [9.17, 15) is 24.0 Å². The van der Waals surface area contributed by atoms with Gasteiger partial charge in [0.15, 0.2) is 18.5 Å². The Kier molecular flexibility index (Phi) is 10.9. The summed E-state index contributed by atoms with van der Waals surface area (Å²) in [6.07, 6.45) is -3.87. The molecule has 176 valence electrons. The standard InChI is InChI=1S/C19H29NO11/c1-10(21)20-16-18(30-13(4)24)17(29-12(3)23)14(9-28-11(2)22)31-19(16)27-8-6-5-7-15(25)26/h14,16-19H,5-9H2,1-4H3,(H,20,21)(H,25,26)/t14-,16-,17+,18-,19?/m1/s1. The van der Waals surface area contributed by atoms with Crippen LogP contribution in [0.15, 0.2) is 0 Å². The topological polar surface area (TPSA) is 164 Å². The van der Waals surface area contributed by atoms with Crippen molar-refractivity contribution in [3.05, 3.63) is 0 Å². The molecule has 5 atom stereocenters. The Labute approximate surface area is 179 Å². The van der Waals surface area contributed by atoms with Crippen LogP contribution >= 0.6 is 0 Å². The molecular formula is C19H29NO11. The van der Waals surface area contributed by atoms with Crippen molar-refractivity contribution >= 4 is 29.8 Å². The number of rotatable bonds is 11. The van der Waals surface area contributed by atoms with Gasteiger partial charge in [-0.3, -0.25) is 24.0 Å². The Morgan fingerprint density at radius 2 is 1.52 bits per heavy atom. The van der Waals surface area contributed by atoms with E-state index in [0.717, 1.165) is 13.8 Å². The molecule has 31 heavy (non-hydrogen) atoms. The second kappa shape index (κ2) is 12.8. The zero-order valence-corrected chi connectivity index (χ0v) is 18.0. The molecule has 1 unspecified atom stereocenters. The number of carbonyl (C=O) groups is 5. The van der Waals surface area contributed by atoms with Gasteiger partial charge in [-0.25, -0.2) is 0 Å². The van der Waals surface area contributed by atoms with E-state index >= 15 is 0 Å². The third-order valence-corrected chi connectivity index (χ3v) is 4.14. The van der Waals surface area contributed by atoms with Crippen LogP contribution in [-0.4, -0.2) is 78.7 Å². The molecule has 12 nitrogen and oxygen atoms in total. The molecule has 1 heterocycles. The van der Waals surface area contributed by atoms with E-state index in [4.69, 9.17) is 28.8 Å². The molecule has 0 aromatic heterocycles. The minimum absolute atomic E-state index is 0.0380. The molecule has 1 aliphatic heterocycles. The third kappa shape index (κ3) is 9.75. The van der Waals surface area contributed by atoms with Crippen LogP contribution in [0.2, 0.25) is 0 Å². The number of carbonyl (C=O) groups excluding carboxylic acids is 4. The Hall–Kier alpha value is -2.73. The van der Waals surface area contributed by atoms with E-state index in [2.05, 4.69) is 5.32 Å². The summed E-state index contributed by atoms with van der Waals surface area (Å²) in [4.78, 5) is 57.0. The molecule has 0 bridgehead atoms. The van der Waals surface area contributed by atoms with Gasteiger partial charge in [0, 0.05) is 40.7 Å². The largest absolute Gasteiger partial charge is 0.481 e. The molecule has 1 amide bonds. The molecule has 1 rings (SSSR count). The van der Waals surface area contributed by atoms with Crippen LogP contribution in [0.4, 0.5) is 0 Å². The maximum absolute atomic E-state index is 11.8. The van der Waals surface area contributed by atoms with E-state index in [-0.39, 0.29) is 19.6 Å². The van der Waals surface area contributed by atoms with Crippen LogP contribution in [-0.2, 0) is 47.7 Å². The van der Waals surface area contributed by atoms with Gasteiger partial charge in [-0.1, -0.05) is 0 Å². The van der Waals surface area contributed by atoms with E-state index in [1.807, 2.05) is 0 Å². The quantitative estimate of drug-likeness (QED) is 0.247. The highest BCUT2D eigenvalue weighted by Crippen LogP contribution is 2.28. The highest BCUT2D eigenvalue weighted by atomic mass is 16.7. The van der Waals surface area contributed by atoms with Gasteiger partial charge < -0.3 is 34.1 Å². The number of nitrogens with one attached hydrogen (secondary N) is 1. The van der Waals surface area contributed by atoms with Gasteiger partial charge in [-0.2, -0.15) is 0 Å². The molecule has 0 aromatic carbocycles. The Balaban J connectivity index is 3.11. The lowest BCUT2D eigenvalue weighted by Gasteiger charge is -2.44. The number of carboxylic acid groups (broad SMARTS) is 1. The van der Waals surface area contributed by atoms with Gasteiger partial charge in [0.2, 0.25) is 5.91 Å². The highest BCUT2D eigenvalue weighted by Gasteiger charge is 2.51. The molecule has 2 N–H and O–H groups in total. The first-order valence-corrected chi connectivity index (χ1v) is 9.75.